The molecule has 0 atom stereocenters. The lowest BCUT2D eigenvalue weighted by Gasteiger charge is -2.23. The van der Waals surface area contributed by atoms with Crippen LogP contribution >= 0.6 is 0 Å². The molecule has 3 aromatic rings. The summed E-state index contributed by atoms with van der Waals surface area (Å²) in [6.45, 7) is 5.59. The van der Waals surface area contributed by atoms with Crippen LogP contribution in [-0.2, 0) is 4.79 Å². The van der Waals surface area contributed by atoms with E-state index in [2.05, 4.69) is 10.2 Å². The van der Waals surface area contributed by atoms with Crippen LogP contribution in [-0.4, -0.2) is 66.9 Å². The highest BCUT2D eigenvalue weighted by molar-refractivity contribution is 6.37. The molecule has 0 unspecified atom stereocenters. The first-order valence-electron chi connectivity index (χ1n) is 13.0. The summed E-state index contributed by atoms with van der Waals surface area (Å²) >= 11 is 0. The second-order valence-electron chi connectivity index (χ2n) is 9.16. The number of fused-ring (bicyclic) bond motifs is 1. The molecule has 216 valence electrons. The molecule has 11 heteroatoms. The Labute approximate surface area is 241 Å². The Bertz CT molecular complexity index is 1600. The number of carbonyl (C=O) groups is 4. The topological polar surface area (TPSA) is 155 Å². The van der Waals surface area contributed by atoms with E-state index < -0.39 is 23.6 Å². The van der Waals surface area contributed by atoms with Gasteiger partial charge in [0.15, 0.2) is 5.78 Å². The summed E-state index contributed by atoms with van der Waals surface area (Å²) in [5.74, 6) is -3.35. The number of rotatable bonds is 10. The van der Waals surface area contributed by atoms with Crippen molar-refractivity contribution in [1.29, 1.82) is 0 Å². The molecule has 1 aliphatic rings. The molecule has 0 radical (unpaired) electrons. The SMILES string of the molecule is CCN(CC)c1cc(OC)c(/N=C2\C=C(C(=O)Nc3cc(C(=O)O)cc(C(=O)O)c3)C(=O)c3ccccc32)c(OC)c1. The first kappa shape index (κ1) is 29.5. The molecule has 42 heavy (non-hydrogen) atoms. The van der Waals surface area contributed by atoms with Crippen LogP contribution in [0, 0.1) is 0 Å². The smallest absolute Gasteiger partial charge is 0.335 e. The summed E-state index contributed by atoms with van der Waals surface area (Å²) in [7, 11) is 3.02. The number of ether oxygens (including phenoxy) is 2. The van der Waals surface area contributed by atoms with Crippen LogP contribution in [0.2, 0.25) is 0 Å². The highest BCUT2D eigenvalue weighted by Gasteiger charge is 2.29. The van der Waals surface area contributed by atoms with E-state index in [0.29, 0.717) is 22.7 Å². The number of allylic oxidation sites excluding steroid dienone is 1. The van der Waals surface area contributed by atoms with Gasteiger partial charge < -0.3 is 29.9 Å². The third kappa shape index (κ3) is 5.85. The van der Waals surface area contributed by atoms with E-state index in [1.165, 1.54) is 20.3 Å². The van der Waals surface area contributed by atoms with E-state index in [4.69, 9.17) is 14.5 Å². The number of amides is 1. The monoisotopic (exact) mass is 571 g/mol. The van der Waals surface area contributed by atoms with E-state index in [1.807, 2.05) is 26.0 Å². The third-order valence-electron chi connectivity index (χ3n) is 6.73. The Hall–Kier alpha value is -5.45. The van der Waals surface area contributed by atoms with Crippen molar-refractivity contribution in [3.05, 3.63) is 88.5 Å². The number of anilines is 2. The first-order chi connectivity index (χ1) is 20.1. The van der Waals surface area contributed by atoms with Crippen LogP contribution in [0.4, 0.5) is 17.1 Å². The van der Waals surface area contributed by atoms with Crippen LogP contribution in [0.5, 0.6) is 11.5 Å². The van der Waals surface area contributed by atoms with Crippen molar-refractivity contribution in [2.24, 2.45) is 4.99 Å². The van der Waals surface area contributed by atoms with Crippen LogP contribution in [0.1, 0.15) is 50.5 Å². The van der Waals surface area contributed by atoms with Gasteiger partial charge in [0.2, 0.25) is 0 Å². The highest BCUT2D eigenvalue weighted by Crippen LogP contribution is 2.42. The average Bonchev–Trinajstić information content (AvgIpc) is 2.99. The lowest BCUT2D eigenvalue weighted by atomic mass is 9.88. The van der Waals surface area contributed by atoms with Crippen LogP contribution in [0.3, 0.4) is 0 Å². The molecule has 1 aliphatic carbocycles. The fourth-order valence-corrected chi connectivity index (χ4v) is 4.62. The summed E-state index contributed by atoms with van der Waals surface area (Å²) in [5, 5.41) is 21.2. The number of carboxylic acids is 2. The largest absolute Gasteiger partial charge is 0.494 e. The minimum absolute atomic E-state index is 0.0984. The van der Waals surface area contributed by atoms with Gasteiger partial charge in [0.05, 0.1) is 36.6 Å². The molecule has 0 aromatic heterocycles. The average molecular weight is 572 g/mol. The number of Topliss-reactive ketones (excluding diaryl/α,β-unsaturated/α-hetero) is 1. The number of carbonyl (C=O) groups excluding carboxylic acids is 2. The predicted molar refractivity (Wildman–Crippen MR) is 157 cm³/mol. The maximum Gasteiger partial charge on any atom is 0.335 e. The standard InChI is InChI=1S/C31H29N3O8/c1-5-34(6-2)20-14-25(41-3)27(26(15-20)42-4)33-24-16-23(28(35)22-10-8-7-9-21(22)24)29(36)32-19-12-17(30(37)38)11-18(13-19)31(39)40/h7-16H,5-6H2,1-4H3,(H,32,36)(H,37,38)(H,39,40)/b33-24+. The van der Waals surface area contributed by atoms with Gasteiger partial charge >= 0.3 is 11.9 Å². The van der Waals surface area contributed by atoms with E-state index in [9.17, 15) is 29.4 Å². The highest BCUT2D eigenvalue weighted by atomic mass is 16.5. The zero-order chi connectivity index (χ0) is 30.6. The number of nitrogens with zero attached hydrogens (tertiary/aromatic N) is 2. The number of hydrogen-bond donors (Lipinski definition) is 3. The Morgan fingerprint density at radius 1 is 0.857 bits per heavy atom. The van der Waals surface area contributed by atoms with Gasteiger partial charge in [0.25, 0.3) is 5.91 Å². The van der Waals surface area contributed by atoms with E-state index in [1.54, 1.807) is 24.3 Å². The Kier molecular flexibility index (Phi) is 8.70. The molecule has 4 rings (SSSR count). The van der Waals surface area contributed by atoms with Gasteiger partial charge in [-0.15, -0.1) is 0 Å². The van der Waals surface area contributed by atoms with Crippen LogP contribution < -0.4 is 19.7 Å². The molecular weight excluding hydrogens is 542 g/mol. The number of carboxylic acid groups (broad SMARTS) is 2. The zero-order valence-corrected chi connectivity index (χ0v) is 23.4. The zero-order valence-electron chi connectivity index (χ0n) is 23.4. The Balaban J connectivity index is 1.83. The van der Waals surface area contributed by atoms with Crippen LogP contribution in [0.25, 0.3) is 0 Å². The van der Waals surface area contributed by atoms with Crippen LogP contribution in [0.15, 0.2) is 71.2 Å². The molecule has 0 fully saturated rings. The second-order valence-corrected chi connectivity index (χ2v) is 9.16. The quantitative estimate of drug-likeness (QED) is 0.290. The van der Waals surface area contributed by atoms with Gasteiger partial charge in [-0.2, -0.15) is 0 Å². The molecule has 3 aromatic carbocycles. The van der Waals surface area contributed by atoms with Gasteiger partial charge in [-0.3, -0.25) is 9.59 Å². The number of aromatic carboxylic acids is 2. The minimum atomic E-state index is -1.38. The Morgan fingerprint density at radius 3 is 1.90 bits per heavy atom. The fraction of sp³-hybridized carbons (Fsp3) is 0.194. The van der Waals surface area contributed by atoms with Crippen molar-refractivity contribution in [2.75, 3.05) is 37.5 Å². The molecule has 0 spiro atoms. The summed E-state index contributed by atoms with van der Waals surface area (Å²) in [6.07, 6.45) is 1.33. The van der Waals surface area contributed by atoms with Crippen molar-refractivity contribution in [3.8, 4) is 11.5 Å². The second kappa shape index (κ2) is 12.4. The van der Waals surface area contributed by atoms with Gasteiger partial charge in [-0.1, -0.05) is 24.3 Å². The van der Waals surface area contributed by atoms with E-state index in [0.717, 1.165) is 37.0 Å². The normalized spacial score (nSPS) is 13.2. The van der Waals surface area contributed by atoms with E-state index in [-0.39, 0.29) is 33.7 Å². The van der Waals surface area contributed by atoms with Crippen molar-refractivity contribution >= 4 is 46.4 Å². The number of hydrogen-bond acceptors (Lipinski definition) is 8. The van der Waals surface area contributed by atoms with Gasteiger partial charge in [0.1, 0.15) is 17.2 Å². The molecule has 3 N–H and O–H groups in total. The van der Waals surface area contributed by atoms with Crippen molar-refractivity contribution in [1.82, 2.24) is 0 Å². The Morgan fingerprint density at radius 2 is 1.40 bits per heavy atom. The molecule has 0 saturated heterocycles. The number of aliphatic imine (C=N–C) groups is 1. The molecule has 0 aliphatic heterocycles. The number of ketones is 1. The van der Waals surface area contributed by atoms with Crippen molar-refractivity contribution in [3.63, 3.8) is 0 Å². The van der Waals surface area contributed by atoms with Gasteiger partial charge in [0, 0.05) is 47.7 Å². The molecule has 1 amide bonds. The number of methoxy groups -OCH3 is 2. The first-order valence-corrected chi connectivity index (χ1v) is 13.0. The number of nitrogens with one attached hydrogen (secondary N) is 1. The summed E-state index contributed by atoms with van der Waals surface area (Å²) < 4.78 is 11.3. The molecule has 0 saturated carbocycles. The van der Waals surface area contributed by atoms with Gasteiger partial charge in [-0.25, -0.2) is 14.6 Å². The third-order valence-corrected chi connectivity index (χ3v) is 6.73. The molecule has 0 bridgehead atoms. The molecule has 11 nitrogen and oxygen atoms in total. The molecular formula is C31H29N3O8. The minimum Gasteiger partial charge on any atom is -0.494 e. The van der Waals surface area contributed by atoms with E-state index >= 15 is 0 Å². The predicted octanol–water partition coefficient (Wildman–Crippen LogP) is 4.83. The lowest BCUT2D eigenvalue weighted by Crippen LogP contribution is -2.26. The molecule has 0 heterocycles. The van der Waals surface area contributed by atoms with Gasteiger partial charge in [-0.05, 0) is 38.1 Å². The fourth-order valence-electron chi connectivity index (χ4n) is 4.62. The van der Waals surface area contributed by atoms with Crippen molar-refractivity contribution < 1.29 is 38.9 Å². The van der Waals surface area contributed by atoms with Crippen molar-refractivity contribution in [2.45, 2.75) is 13.8 Å². The lowest BCUT2D eigenvalue weighted by molar-refractivity contribution is -0.112. The maximum absolute atomic E-state index is 13.4. The number of benzene rings is 3. The maximum atomic E-state index is 13.4. The summed E-state index contributed by atoms with van der Waals surface area (Å²) in [4.78, 5) is 56.7. The summed E-state index contributed by atoms with van der Waals surface area (Å²) in [5.41, 5.74) is 1.17. The summed E-state index contributed by atoms with van der Waals surface area (Å²) in [6, 6.07) is 13.5.